The van der Waals surface area contributed by atoms with Crippen LogP contribution in [0.2, 0.25) is 0 Å². The Balaban J connectivity index is 1.81. The Labute approximate surface area is 169 Å². The first-order valence-corrected chi connectivity index (χ1v) is 10.1. The number of hydrogen-bond donors (Lipinski definition) is 0. The lowest BCUT2D eigenvalue weighted by Crippen LogP contribution is -2.41. The summed E-state index contributed by atoms with van der Waals surface area (Å²) in [6.07, 6.45) is -2.06. The van der Waals surface area contributed by atoms with Crippen LogP contribution in [-0.4, -0.2) is 23.9 Å². The summed E-state index contributed by atoms with van der Waals surface area (Å²) in [5.41, 5.74) is 3.47. The van der Waals surface area contributed by atoms with Gasteiger partial charge in [0, 0.05) is 25.7 Å². The van der Waals surface area contributed by atoms with Crippen LogP contribution >= 0.6 is 0 Å². The maximum Gasteiger partial charge on any atom is 0.416 e. The summed E-state index contributed by atoms with van der Waals surface area (Å²) in [5.74, 6) is 0.00342. The van der Waals surface area contributed by atoms with E-state index >= 15 is 0 Å². The lowest BCUT2D eigenvalue weighted by atomic mass is 9.86. The normalized spacial score (nSPS) is 20.5. The molecule has 2 aliphatic heterocycles. The molecule has 0 saturated carbocycles. The molecule has 154 valence electrons. The summed E-state index contributed by atoms with van der Waals surface area (Å²) >= 11 is 0. The molecule has 0 spiro atoms. The Hall–Kier alpha value is -2.50. The quantitative estimate of drug-likeness (QED) is 0.673. The number of carbonyl (C=O) groups excluding carboxylic acids is 1. The van der Waals surface area contributed by atoms with Crippen molar-refractivity contribution in [3.63, 3.8) is 0 Å². The Morgan fingerprint density at radius 2 is 1.97 bits per heavy atom. The number of rotatable bonds is 4. The zero-order valence-corrected chi connectivity index (χ0v) is 16.7. The average Bonchev–Trinajstić information content (AvgIpc) is 3.12. The summed E-state index contributed by atoms with van der Waals surface area (Å²) in [6, 6.07) is 11.5. The molecule has 0 bridgehead atoms. The molecule has 0 radical (unpaired) electrons. The van der Waals surface area contributed by atoms with Crippen molar-refractivity contribution in [2.24, 2.45) is 0 Å². The van der Waals surface area contributed by atoms with Gasteiger partial charge in [-0.1, -0.05) is 37.3 Å². The molecule has 0 fully saturated rings. The van der Waals surface area contributed by atoms with Gasteiger partial charge in [-0.25, -0.2) is 0 Å². The van der Waals surface area contributed by atoms with Crippen LogP contribution in [0.1, 0.15) is 61.0 Å². The molecule has 29 heavy (non-hydrogen) atoms. The highest BCUT2D eigenvalue weighted by Gasteiger charge is 2.41. The SMILES string of the molecule is CCCN(C(C)=O)C1CC(c2cccc(C(F)(F)F)c2)N2CCc3cccc1c32. The van der Waals surface area contributed by atoms with Crippen molar-refractivity contribution in [3.8, 4) is 0 Å². The van der Waals surface area contributed by atoms with Crippen molar-refractivity contribution in [1.82, 2.24) is 4.90 Å². The molecule has 2 unspecified atom stereocenters. The zero-order valence-electron chi connectivity index (χ0n) is 16.7. The summed E-state index contributed by atoms with van der Waals surface area (Å²) in [5, 5.41) is 0. The lowest BCUT2D eigenvalue weighted by Gasteiger charge is -2.44. The number of alkyl halides is 3. The molecule has 1 amide bonds. The van der Waals surface area contributed by atoms with Gasteiger partial charge in [-0.2, -0.15) is 13.2 Å². The number of carbonyl (C=O) groups is 1. The van der Waals surface area contributed by atoms with Gasteiger partial charge < -0.3 is 9.80 Å². The third-order valence-electron chi connectivity index (χ3n) is 6.09. The highest BCUT2D eigenvalue weighted by molar-refractivity contribution is 5.76. The second-order valence-electron chi connectivity index (χ2n) is 7.90. The minimum Gasteiger partial charge on any atom is -0.364 e. The Kier molecular flexibility index (Phi) is 5.05. The monoisotopic (exact) mass is 402 g/mol. The predicted molar refractivity (Wildman–Crippen MR) is 107 cm³/mol. The van der Waals surface area contributed by atoms with Crippen LogP contribution in [0.4, 0.5) is 18.9 Å². The van der Waals surface area contributed by atoms with Gasteiger partial charge in [0.15, 0.2) is 0 Å². The molecule has 0 aliphatic carbocycles. The first-order chi connectivity index (χ1) is 13.8. The highest BCUT2D eigenvalue weighted by atomic mass is 19.4. The second kappa shape index (κ2) is 7.39. The molecule has 3 nitrogen and oxygen atoms in total. The largest absolute Gasteiger partial charge is 0.416 e. The minimum absolute atomic E-state index is 0.00342. The Morgan fingerprint density at radius 3 is 2.66 bits per heavy atom. The van der Waals surface area contributed by atoms with Crippen LogP contribution in [0.25, 0.3) is 0 Å². The Bertz CT molecular complexity index is 925. The van der Waals surface area contributed by atoms with Gasteiger partial charge >= 0.3 is 6.18 Å². The van der Waals surface area contributed by atoms with Gasteiger partial charge in [0.05, 0.1) is 17.6 Å². The van der Waals surface area contributed by atoms with E-state index in [0.29, 0.717) is 18.5 Å². The number of halogens is 3. The van der Waals surface area contributed by atoms with Crippen LogP contribution in [-0.2, 0) is 17.4 Å². The maximum absolute atomic E-state index is 13.3. The van der Waals surface area contributed by atoms with E-state index < -0.39 is 11.7 Å². The van der Waals surface area contributed by atoms with Gasteiger partial charge in [0.1, 0.15) is 0 Å². The van der Waals surface area contributed by atoms with Crippen molar-refractivity contribution >= 4 is 11.6 Å². The minimum atomic E-state index is -4.37. The second-order valence-corrected chi connectivity index (χ2v) is 7.90. The smallest absolute Gasteiger partial charge is 0.364 e. The summed E-state index contributed by atoms with van der Waals surface area (Å²) in [7, 11) is 0. The van der Waals surface area contributed by atoms with E-state index in [1.165, 1.54) is 17.7 Å². The van der Waals surface area contributed by atoms with Crippen molar-refractivity contribution < 1.29 is 18.0 Å². The fourth-order valence-electron chi connectivity index (χ4n) is 4.87. The number of anilines is 1. The molecule has 2 aromatic rings. The summed E-state index contributed by atoms with van der Waals surface area (Å²) < 4.78 is 39.9. The van der Waals surface area contributed by atoms with E-state index in [1.807, 2.05) is 17.9 Å². The Morgan fingerprint density at radius 1 is 1.21 bits per heavy atom. The van der Waals surface area contributed by atoms with Crippen molar-refractivity contribution in [3.05, 3.63) is 64.7 Å². The molecule has 0 saturated heterocycles. The summed E-state index contributed by atoms with van der Waals surface area (Å²) in [4.78, 5) is 16.5. The van der Waals surface area contributed by atoms with Crippen molar-refractivity contribution in [1.29, 1.82) is 0 Å². The van der Waals surface area contributed by atoms with Crippen molar-refractivity contribution in [2.75, 3.05) is 18.0 Å². The molecule has 2 aliphatic rings. The van der Waals surface area contributed by atoms with Crippen LogP contribution < -0.4 is 4.90 Å². The maximum atomic E-state index is 13.3. The van der Waals surface area contributed by atoms with E-state index in [0.717, 1.165) is 36.7 Å². The first kappa shape index (κ1) is 19.8. The number of hydrogen-bond acceptors (Lipinski definition) is 2. The average molecular weight is 402 g/mol. The number of nitrogens with zero attached hydrogens (tertiary/aromatic N) is 2. The van der Waals surface area contributed by atoms with Crippen LogP contribution in [0.15, 0.2) is 42.5 Å². The molecular weight excluding hydrogens is 377 g/mol. The fourth-order valence-corrected chi connectivity index (χ4v) is 4.87. The molecule has 2 aromatic carbocycles. The first-order valence-electron chi connectivity index (χ1n) is 10.1. The van der Waals surface area contributed by atoms with Gasteiger partial charge in [0.2, 0.25) is 5.91 Å². The molecule has 0 N–H and O–H groups in total. The van der Waals surface area contributed by atoms with E-state index in [4.69, 9.17) is 0 Å². The van der Waals surface area contributed by atoms with Gasteiger partial charge in [-0.15, -0.1) is 0 Å². The lowest BCUT2D eigenvalue weighted by molar-refractivity contribution is -0.137. The molecule has 0 aromatic heterocycles. The van der Waals surface area contributed by atoms with Crippen LogP contribution in [0.5, 0.6) is 0 Å². The standard InChI is InChI=1S/C23H25F3N2O/c1-3-11-27(15(2)29)21-14-20(17-7-4-8-18(13-17)23(24,25)26)28-12-10-16-6-5-9-19(21)22(16)28/h4-9,13,20-21H,3,10-12,14H2,1-2H3. The summed E-state index contributed by atoms with van der Waals surface area (Å²) in [6.45, 7) is 5.03. The molecule has 2 atom stereocenters. The predicted octanol–water partition coefficient (Wildman–Crippen LogP) is 5.51. The van der Waals surface area contributed by atoms with Crippen LogP contribution in [0.3, 0.4) is 0 Å². The molecular formula is C23H25F3N2O. The number of para-hydroxylation sites is 1. The van der Waals surface area contributed by atoms with E-state index in [-0.39, 0.29) is 18.0 Å². The third kappa shape index (κ3) is 3.49. The molecule has 2 heterocycles. The van der Waals surface area contributed by atoms with Gasteiger partial charge in [-0.05, 0) is 48.1 Å². The van der Waals surface area contributed by atoms with Crippen LogP contribution in [0, 0.1) is 0 Å². The molecule has 4 rings (SSSR count). The fraction of sp³-hybridized carbons (Fsp3) is 0.435. The van der Waals surface area contributed by atoms with Crippen molar-refractivity contribution in [2.45, 2.75) is 51.4 Å². The van der Waals surface area contributed by atoms with E-state index in [1.54, 1.807) is 13.0 Å². The third-order valence-corrected chi connectivity index (χ3v) is 6.09. The van der Waals surface area contributed by atoms with E-state index in [9.17, 15) is 18.0 Å². The zero-order chi connectivity index (χ0) is 20.8. The number of benzene rings is 2. The highest BCUT2D eigenvalue weighted by Crippen LogP contribution is 2.50. The van der Waals surface area contributed by atoms with E-state index in [2.05, 4.69) is 17.0 Å². The van der Waals surface area contributed by atoms with Gasteiger partial charge in [0.25, 0.3) is 0 Å². The number of amides is 1. The topological polar surface area (TPSA) is 23.6 Å². The van der Waals surface area contributed by atoms with Gasteiger partial charge in [-0.3, -0.25) is 4.79 Å². The molecule has 6 heteroatoms.